The molecule has 0 aromatic carbocycles. The van der Waals surface area contributed by atoms with Crippen molar-refractivity contribution >= 4 is 12.6 Å². The second-order valence-corrected chi connectivity index (χ2v) is 7.01. The maximum atomic E-state index is 13.6. The molecule has 0 atom stereocenters. The summed E-state index contributed by atoms with van der Waals surface area (Å²) in [7, 11) is -1.13. The predicted molar refractivity (Wildman–Crippen MR) is 78.6 cm³/mol. The van der Waals surface area contributed by atoms with Crippen LogP contribution in [0.2, 0.25) is 0 Å². The minimum absolute atomic E-state index is 0.144. The molecule has 0 amide bonds. The van der Waals surface area contributed by atoms with Crippen LogP contribution in [0.25, 0.3) is 0 Å². The van der Waals surface area contributed by atoms with E-state index in [4.69, 9.17) is 14.0 Å². The van der Waals surface area contributed by atoms with Crippen LogP contribution in [0, 0.1) is 0 Å². The van der Waals surface area contributed by atoms with Crippen molar-refractivity contribution in [3.8, 4) is 5.75 Å². The molecule has 3 rings (SSSR count). The minimum atomic E-state index is -4.58. The first kappa shape index (κ1) is 16.6. The van der Waals surface area contributed by atoms with Crippen LogP contribution in [0.15, 0.2) is 12.4 Å². The number of hydrogen-bond acceptors (Lipinski definition) is 4. The Labute approximate surface area is 133 Å². The van der Waals surface area contributed by atoms with E-state index in [2.05, 4.69) is 4.98 Å². The molecule has 0 bridgehead atoms. The van der Waals surface area contributed by atoms with Gasteiger partial charge in [-0.2, -0.15) is 13.2 Å². The smallest absolute Gasteiger partial charge is 0.488 e. The summed E-state index contributed by atoms with van der Waals surface area (Å²) in [5, 5.41) is 0. The van der Waals surface area contributed by atoms with Gasteiger partial charge in [0.1, 0.15) is 11.3 Å². The molecule has 1 aliphatic heterocycles. The van der Waals surface area contributed by atoms with Crippen LogP contribution in [-0.4, -0.2) is 29.4 Å². The van der Waals surface area contributed by atoms with Crippen molar-refractivity contribution in [3.05, 3.63) is 18.0 Å². The van der Waals surface area contributed by atoms with Crippen molar-refractivity contribution in [2.75, 3.05) is 0 Å². The molecule has 126 valence electrons. The zero-order valence-corrected chi connectivity index (χ0v) is 13.5. The monoisotopic (exact) mass is 329 g/mol. The summed E-state index contributed by atoms with van der Waals surface area (Å²) in [6.07, 6.45) is -0.964. The Morgan fingerprint density at radius 3 is 2.17 bits per heavy atom. The third-order valence-electron chi connectivity index (χ3n) is 4.55. The second kappa shape index (κ2) is 5.11. The highest BCUT2D eigenvalue weighted by Gasteiger charge is 2.54. The molecular weight excluding hydrogens is 310 g/mol. The first-order valence-corrected chi connectivity index (χ1v) is 7.59. The van der Waals surface area contributed by atoms with Gasteiger partial charge in [-0.1, -0.05) is 0 Å². The van der Waals surface area contributed by atoms with Crippen molar-refractivity contribution in [2.24, 2.45) is 0 Å². The Bertz CT molecular complexity index is 598. The van der Waals surface area contributed by atoms with Gasteiger partial charge < -0.3 is 14.0 Å². The molecule has 2 fully saturated rings. The van der Waals surface area contributed by atoms with Crippen LogP contribution in [0.5, 0.6) is 5.75 Å². The maximum absolute atomic E-state index is 13.6. The van der Waals surface area contributed by atoms with Gasteiger partial charge in [0.15, 0.2) is 0 Å². The van der Waals surface area contributed by atoms with Gasteiger partial charge in [-0.3, -0.25) is 4.98 Å². The van der Waals surface area contributed by atoms with Gasteiger partial charge in [0.05, 0.1) is 23.5 Å². The molecule has 1 saturated carbocycles. The lowest BCUT2D eigenvalue weighted by Crippen LogP contribution is -2.41. The molecule has 2 heterocycles. The first-order valence-electron chi connectivity index (χ1n) is 7.59. The summed E-state index contributed by atoms with van der Waals surface area (Å²) < 4.78 is 57.7. The van der Waals surface area contributed by atoms with Crippen LogP contribution < -0.4 is 10.2 Å². The average molecular weight is 329 g/mol. The number of aromatic nitrogens is 1. The van der Waals surface area contributed by atoms with Crippen molar-refractivity contribution in [2.45, 2.75) is 64.0 Å². The van der Waals surface area contributed by atoms with Gasteiger partial charge in [0.2, 0.25) is 0 Å². The molecule has 1 aromatic rings. The van der Waals surface area contributed by atoms with Gasteiger partial charge in [-0.25, -0.2) is 0 Å². The Hall–Kier alpha value is -1.28. The van der Waals surface area contributed by atoms with Gasteiger partial charge in [-0.05, 0) is 40.5 Å². The molecule has 8 heteroatoms. The highest BCUT2D eigenvalue weighted by molar-refractivity contribution is 6.62. The Balaban J connectivity index is 2.02. The highest BCUT2D eigenvalue weighted by atomic mass is 19.4. The molecule has 0 unspecified atom stereocenters. The summed E-state index contributed by atoms with van der Waals surface area (Å²) in [6.45, 7) is 7.16. The van der Waals surface area contributed by atoms with Crippen molar-refractivity contribution < 1.29 is 27.2 Å². The summed E-state index contributed by atoms with van der Waals surface area (Å²) >= 11 is 0. The first-order chi connectivity index (χ1) is 10.5. The molecule has 4 nitrogen and oxygen atoms in total. The third kappa shape index (κ3) is 3.06. The van der Waals surface area contributed by atoms with E-state index in [-0.39, 0.29) is 17.3 Å². The van der Waals surface area contributed by atoms with Crippen LogP contribution >= 0.6 is 0 Å². The Morgan fingerprint density at radius 1 is 1.13 bits per heavy atom. The SMILES string of the molecule is CC1(C)OB(c2cncc(OC3CC3)c2C(F)(F)F)OC1(C)C. The molecule has 0 spiro atoms. The van der Waals surface area contributed by atoms with E-state index in [1.807, 2.05) is 0 Å². The minimum Gasteiger partial charge on any atom is -0.488 e. The van der Waals surface area contributed by atoms with E-state index in [1.54, 1.807) is 27.7 Å². The van der Waals surface area contributed by atoms with Crippen molar-refractivity contribution in [1.29, 1.82) is 0 Å². The molecule has 1 saturated heterocycles. The fraction of sp³-hybridized carbons (Fsp3) is 0.667. The quantitative estimate of drug-likeness (QED) is 0.800. The highest BCUT2D eigenvalue weighted by Crippen LogP contribution is 2.41. The molecular formula is C15H19BF3NO3. The fourth-order valence-electron chi connectivity index (χ4n) is 2.36. The number of pyridine rings is 1. The largest absolute Gasteiger partial charge is 0.497 e. The summed E-state index contributed by atoms with van der Waals surface area (Å²) in [6, 6.07) is 0. The number of halogens is 3. The van der Waals surface area contributed by atoms with E-state index < -0.39 is 30.1 Å². The van der Waals surface area contributed by atoms with Gasteiger partial charge >= 0.3 is 13.3 Å². The predicted octanol–water partition coefficient (Wildman–Crippen LogP) is 2.94. The molecule has 0 N–H and O–H groups in total. The molecule has 2 aliphatic rings. The summed E-state index contributed by atoms with van der Waals surface area (Å²) in [5.74, 6) is -0.257. The number of nitrogens with zero attached hydrogens (tertiary/aromatic N) is 1. The fourth-order valence-corrected chi connectivity index (χ4v) is 2.36. The van der Waals surface area contributed by atoms with Crippen LogP contribution in [0.1, 0.15) is 46.1 Å². The topological polar surface area (TPSA) is 40.6 Å². The van der Waals surface area contributed by atoms with Crippen LogP contribution in [0.3, 0.4) is 0 Å². The van der Waals surface area contributed by atoms with Gasteiger partial charge in [0.25, 0.3) is 0 Å². The summed E-state index contributed by atoms with van der Waals surface area (Å²) in [4.78, 5) is 3.89. The number of ether oxygens (including phenoxy) is 1. The zero-order valence-electron chi connectivity index (χ0n) is 13.5. The van der Waals surface area contributed by atoms with E-state index >= 15 is 0 Å². The number of alkyl halides is 3. The molecule has 1 aliphatic carbocycles. The Morgan fingerprint density at radius 2 is 1.70 bits per heavy atom. The van der Waals surface area contributed by atoms with Crippen LogP contribution in [0.4, 0.5) is 13.2 Å². The lowest BCUT2D eigenvalue weighted by Gasteiger charge is -2.32. The number of hydrogen-bond donors (Lipinski definition) is 0. The van der Waals surface area contributed by atoms with E-state index in [0.29, 0.717) is 0 Å². The van der Waals surface area contributed by atoms with E-state index in [1.165, 1.54) is 0 Å². The third-order valence-corrected chi connectivity index (χ3v) is 4.55. The molecule has 23 heavy (non-hydrogen) atoms. The maximum Gasteiger partial charge on any atom is 0.497 e. The van der Waals surface area contributed by atoms with Gasteiger partial charge in [0, 0.05) is 11.7 Å². The average Bonchev–Trinajstić information content (AvgIpc) is 3.15. The van der Waals surface area contributed by atoms with Crippen molar-refractivity contribution in [3.63, 3.8) is 0 Å². The number of rotatable bonds is 3. The Kier molecular flexibility index (Phi) is 3.68. The van der Waals surface area contributed by atoms with Crippen LogP contribution in [-0.2, 0) is 15.5 Å². The summed E-state index contributed by atoms with van der Waals surface area (Å²) in [5.41, 5.74) is -2.46. The lowest BCUT2D eigenvalue weighted by atomic mass is 9.76. The molecule has 1 aromatic heterocycles. The second-order valence-electron chi connectivity index (χ2n) is 7.01. The van der Waals surface area contributed by atoms with E-state index in [9.17, 15) is 13.2 Å². The van der Waals surface area contributed by atoms with Crippen molar-refractivity contribution in [1.82, 2.24) is 4.98 Å². The normalized spacial score (nSPS) is 23.2. The van der Waals surface area contributed by atoms with Gasteiger partial charge in [-0.15, -0.1) is 0 Å². The lowest BCUT2D eigenvalue weighted by molar-refractivity contribution is -0.138. The zero-order chi connectivity index (χ0) is 17.0. The van der Waals surface area contributed by atoms with E-state index in [0.717, 1.165) is 25.2 Å². The molecule has 0 radical (unpaired) electrons. The standard InChI is InChI=1S/C15H19BF3NO3/c1-13(2)14(3,4)23-16(22-13)10-7-20-8-11(21-9-5-6-9)12(10)15(17,18)19/h7-9H,5-6H2,1-4H3.